The molecule has 0 aromatic heterocycles. The van der Waals surface area contributed by atoms with E-state index in [-0.39, 0.29) is 21.2 Å². The van der Waals surface area contributed by atoms with Gasteiger partial charge in [-0.3, -0.25) is 4.79 Å². The van der Waals surface area contributed by atoms with Gasteiger partial charge < -0.3 is 5.32 Å². The van der Waals surface area contributed by atoms with E-state index in [1.165, 1.54) is 28.6 Å². The molecule has 0 aliphatic heterocycles. The average molecular weight is 418 g/mol. The number of nitriles is 1. The van der Waals surface area contributed by atoms with Gasteiger partial charge in [0.15, 0.2) is 0 Å². The highest BCUT2D eigenvalue weighted by molar-refractivity contribution is 7.89. The van der Waals surface area contributed by atoms with E-state index in [9.17, 15) is 18.5 Å². The summed E-state index contributed by atoms with van der Waals surface area (Å²) < 4.78 is 26.7. The number of hydrogen-bond acceptors (Lipinski definition) is 4. The third-order valence-corrected chi connectivity index (χ3v) is 6.38. The van der Waals surface area contributed by atoms with Gasteiger partial charge in [0.2, 0.25) is 10.0 Å². The number of carbonyl (C=O) groups is 1. The molecule has 0 saturated carbocycles. The third kappa shape index (κ3) is 4.98. The second kappa shape index (κ2) is 9.51. The summed E-state index contributed by atoms with van der Waals surface area (Å²) in [6, 6.07) is 14.9. The first-order chi connectivity index (χ1) is 13.3. The van der Waals surface area contributed by atoms with Crippen molar-refractivity contribution in [3.8, 4) is 6.07 Å². The number of nitrogens with one attached hydrogen (secondary N) is 1. The Morgan fingerprint density at radius 3 is 2.39 bits per heavy atom. The molecule has 0 spiro atoms. The van der Waals surface area contributed by atoms with Gasteiger partial charge in [0, 0.05) is 13.1 Å². The van der Waals surface area contributed by atoms with Gasteiger partial charge in [0.25, 0.3) is 5.91 Å². The van der Waals surface area contributed by atoms with E-state index in [2.05, 4.69) is 5.32 Å². The van der Waals surface area contributed by atoms with E-state index in [1.54, 1.807) is 38.1 Å². The minimum atomic E-state index is -3.71. The summed E-state index contributed by atoms with van der Waals surface area (Å²) in [5, 5.41) is 12.0. The van der Waals surface area contributed by atoms with Gasteiger partial charge in [-0.15, -0.1) is 0 Å². The van der Waals surface area contributed by atoms with Gasteiger partial charge in [-0.05, 0) is 29.8 Å². The predicted molar refractivity (Wildman–Crippen MR) is 110 cm³/mol. The molecule has 0 fully saturated rings. The SMILES string of the molecule is CCN(CC)S(=O)(=O)c1ccc(Cl)c(NC(=O)C(C#N)=Cc2ccccc2)c1. The standard InChI is InChI=1S/C20H20ClN3O3S/c1-3-24(4-2)28(26,27)17-10-11-18(21)19(13-17)23-20(25)16(14-22)12-15-8-6-5-7-9-15/h5-13H,3-4H2,1-2H3,(H,23,25). The van der Waals surface area contributed by atoms with E-state index in [4.69, 9.17) is 11.6 Å². The van der Waals surface area contributed by atoms with Gasteiger partial charge >= 0.3 is 0 Å². The summed E-state index contributed by atoms with van der Waals surface area (Å²) in [6.45, 7) is 4.13. The summed E-state index contributed by atoms with van der Waals surface area (Å²) in [5.41, 5.74) is 0.687. The van der Waals surface area contributed by atoms with Crippen LogP contribution in [0.1, 0.15) is 19.4 Å². The van der Waals surface area contributed by atoms with E-state index >= 15 is 0 Å². The molecule has 0 saturated heterocycles. The van der Waals surface area contributed by atoms with Crippen LogP contribution >= 0.6 is 11.6 Å². The number of anilines is 1. The molecule has 1 N–H and O–H groups in total. The summed E-state index contributed by atoms with van der Waals surface area (Å²) in [6.07, 6.45) is 1.44. The van der Waals surface area contributed by atoms with Gasteiger partial charge in [-0.25, -0.2) is 8.42 Å². The number of halogens is 1. The first-order valence-electron chi connectivity index (χ1n) is 8.61. The van der Waals surface area contributed by atoms with Crippen molar-refractivity contribution in [3.63, 3.8) is 0 Å². The highest BCUT2D eigenvalue weighted by Crippen LogP contribution is 2.27. The summed E-state index contributed by atoms with van der Waals surface area (Å²) in [5.74, 6) is -0.675. The largest absolute Gasteiger partial charge is 0.320 e. The third-order valence-electron chi connectivity index (χ3n) is 4.00. The number of hydrogen-bond donors (Lipinski definition) is 1. The van der Waals surface area contributed by atoms with Crippen molar-refractivity contribution in [1.29, 1.82) is 5.26 Å². The summed E-state index contributed by atoms with van der Waals surface area (Å²) in [4.78, 5) is 12.5. The molecule has 6 nitrogen and oxygen atoms in total. The van der Waals surface area contributed by atoms with Gasteiger partial charge in [-0.1, -0.05) is 55.8 Å². The van der Waals surface area contributed by atoms with Crippen LogP contribution in [0.3, 0.4) is 0 Å². The zero-order valence-electron chi connectivity index (χ0n) is 15.5. The number of amides is 1. The maximum absolute atomic E-state index is 12.7. The fraction of sp³-hybridized carbons (Fsp3) is 0.200. The van der Waals surface area contributed by atoms with Gasteiger partial charge in [-0.2, -0.15) is 9.57 Å². The molecule has 0 atom stereocenters. The maximum Gasteiger partial charge on any atom is 0.266 e. The second-order valence-electron chi connectivity index (χ2n) is 5.77. The van der Waals surface area contributed by atoms with Crippen LogP contribution in [0.25, 0.3) is 6.08 Å². The quantitative estimate of drug-likeness (QED) is 0.546. The lowest BCUT2D eigenvalue weighted by atomic mass is 10.1. The normalized spacial score (nSPS) is 11.9. The van der Waals surface area contributed by atoms with E-state index in [1.807, 2.05) is 12.1 Å². The van der Waals surface area contributed by atoms with Crippen LogP contribution in [0.5, 0.6) is 0 Å². The van der Waals surface area contributed by atoms with Crippen LogP contribution in [0.4, 0.5) is 5.69 Å². The van der Waals surface area contributed by atoms with Crippen molar-refractivity contribution < 1.29 is 13.2 Å². The number of carbonyl (C=O) groups excluding carboxylic acids is 1. The second-order valence-corrected chi connectivity index (χ2v) is 8.11. The number of benzene rings is 2. The van der Waals surface area contributed by atoms with Crippen LogP contribution < -0.4 is 5.32 Å². The Kier molecular flexibility index (Phi) is 7.35. The summed E-state index contributed by atoms with van der Waals surface area (Å²) in [7, 11) is -3.71. The Balaban J connectivity index is 2.35. The van der Waals surface area contributed by atoms with Crippen LogP contribution in [0, 0.1) is 11.3 Å². The lowest BCUT2D eigenvalue weighted by Crippen LogP contribution is -2.30. The predicted octanol–water partition coefficient (Wildman–Crippen LogP) is 3.92. The Morgan fingerprint density at radius 1 is 1.18 bits per heavy atom. The van der Waals surface area contributed by atoms with Crippen molar-refractivity contribution in [2.75, 3.05) is 18.4 Å². The molecule has 0 unspecified atom stereocenters. The van der Waals surface area contributed by atoms with Gasteiger partial charge in [0.05, 0.1) is 15.6 Å². The van der Waals surface area contributed by atoms with E-state index in [0.717, 1.165) is 0 Å². The molecule has 1 amide bonds. The minimum Gasteiger partial charge on any atom is -0.320 e. The molecule has 0 aliphatic rings. The first kappa shape index (κ1) is 21.6. The van der Waals surface area contributed by atoms with E-state index in [0.29, 0.717) is 18.7 Å². The first-order valence-corrected chi connectivity index (χ1v) is 10.4. The van der Waals surface area contributed by atoms with Crippen LogP contribution in [-0.4, -0.2) is 31.7 Å². The van der Waals surface area contributed by atoms with Crippen molar-refractivity contribution in [3.05, 3.63) is 64.7 Å². The molecule has 2 aromatic carbocycles. The highest BCUT2D eigenvalue weighted by Gasteiger charge is 2.23. The number of nitrogens with zero attached hydrogens (tertiary/aromatic N) is 2. The molecule has 0 heterocycles. The van der Waals surface area contributed by atoms with Crippen molar-refractivity contribution in [2.45, 2.75) is 18.7 Å². The van der Waals surface area contributed by atoms with Crippen molar-refractivity contribution in [1.82, 2.24) is 4.31 Å². The van der Waals surface area contributed by atoms with E-state index < -0.39 is 15.9 Å². The minimum absolute atomic E-state index is 0.0152. The Labute approximate surface area is 170 Å². The Hall–Kier alpha value is -2.66. The molecular weight excluding hydrogens is 398 g/mol. The number of sulfonamides is 1. The van der Waals surface area contributed by atoms with Crippen molar-refractivity contribution in [2.24, 2.45) is 0 Å². The maximum atomic E-state index is 12.7. The zero-order valence-corrected chi connectivity index (χ0v) is 17.1. The fourth-order valence-corrected chi connectivity index (χ4v) is 4.18. The molecular formula is C20H20ClN3O3S. The Morgan fingerprint density at radius 2 is 1.82 bits per heavy atom. The molecule has 2 aromatic rings. The lowest BCUT2D eigenvalue weighted by Gasteiger charge is -2.19. The Bertz CT molecular complexity index is 1020. The molecule has 146 valence electrons. The zero-order chi connectivity index (χ0) is 20.7. The highest BCUT2D eigenvalue weighted by atomic mass is 35.5. The molecule has 2 rings (SSSR count). The van der Waals surface area contributed by atoms with Gasteiger partial charge in [0.1, 0.15) is 11.6 Å². The van der Waals surface area contributed by atoms with Crippen LogP contribution in [-0.2, 0) is 14.8 Å². The number of rotatable bonds is 7. The average Bonchev–Trinajstić information content (AvgIpc) is 2.69. The smallest absolute Gasteiger partial charge is 0.266 e. The lowest BCUT2D eigenvalue weighted by molar-refractivity contribution is -0.112. The van der Waals surface area contributed by atoms with Crippen molar-refractivity contribution >= 4 is 39.3 Å². The molecule has 0 aliphatic carbocycles. The summed E-state index contributed by atoms with van der Waals surface area (Å²) >= 11 is 6.12. The monoisotopic (exact) mass is 417 g/mol. The molecule has 0 bridgehead atoms. The molecule has 0 radical (unpaired) electrons. The van der Waals surface area contributed by atoms with Crippen LogP contribution in [0.2, 0.25) is 5.02 Å². The van der Waals surface area contributed by atoms with Crippen LogP contribution in [0.15, 0.2) is 59.0 Å². The fourth-order valence-electron chi connectivity index (χ4n) is 2.53. The topological polar surface area (TPSA) is 90.3 Å². The molecule has 28 heavy (non-hydrogen) atoms. The molecule has 8 heteroatoms.